The van der Waals surface area contributed by atoms with E-state index in [0.717, 1.165) is 12.1 Å². The minimum absolute atomic E-state index is 0.163. The molecule has 0 atom stereocenters. The van der Waals surface area contributed by atoms with Gasteiger partial charge in [-0.25, -0.2) is 0 Å². The van der Waals surface area contributed by atoms with Gasteiger partial charge in [-0.05, 0) is 7.05 Å². The highest BCUT2D eigenvalue weighted by Gasteiger charge is 2.27. The van der Waals surface area contributed by atoms with Crippen molar-refractivity contribution in [2.24, 2.45) is 0 Å². The number of rotatable bonds is 2. The second-order valence-corrected chi connectivity index (χ2v) is 2.88. The minimum Gasteiger partial charge on any atom is -0.359 e. The van der Waals surface area contributed by atoms with Gasteiger partial charge in [0.15, 0.2) is 11.5 Å². The van der Waals surface area contributed by atoms with Crippen LogP contribution >= 0.6 is 0 Å². The first kappa shape index (κ1) is 7.49. The van der Waals surface area contributed by atoms with Crippen molar-refractivity contribution in [2.75, 3.05) is 7.05 Å². The molecule has 0 spiro atoms. The number of ketones is 1. The molecule has 0 unspecified atom stereocenters. The van der Waals surface area contributed by atoms with Crippen LogP contribution in [0.2, 0.25) is 0 Å². The number of hydrogen-bond acceptors (Lipinski definition) is 4. The molecule has 1 heterocycles. The van der Waals surface area contributed by atoms with Gasteiger partial charge in [0.05, 0.1) is 17.8 Å². The molecule has 1 aromatic heterocycles. The van der Waals surface area contributed by atoms with Crippen molar-refractivity contribution in [3.05, 3.63) is 17.0 Å². The molecule has 4 heteroatoms. The summed E-state index contributed by atoms with van der Waals surface area (Å²) in [6.45, 7) is 0.577. The lowest BCUT2D eigenvalue weighted by molar-refractivity contribution is 0.0991. The van der Waals surface area contributed by atoms with Crippen LogP contribution in [-0.2, 0) is 13.0 Å². The highest BCUT2D eigenvalue weighted by Crippen LogP contribution is 2.24. The van der Waals surface area contributed by atoms with Gasteiger partial charge in [0.25, 0.3) is 0 Å². The molecule has 4 nitrogen and oxygen atoms in total. The summed E-state index contributed by atoms with van der Waals surface area (Å²) in [5.41, 5.74) is 1.54. The Morgan fingerprint density at radius 3 is 3.17 bits per heavy atom. The molecule has 2 rings (SSSR count). The monoisotopic (exact) mass is 166 g/mol. The molecule has 1 aromatic rings. The van der Waals surface area contributed by atoms with Gasteiger partial charge in [0.2, 0.25) is 0 Å². The van der Waals surface area contributed by atoms with E-state index in [-0.39, 0.29) is 5.78 Å². The summed E-state index contributed by atoms with van der Waals surface area (Å²) in [7, 11) is 1.81. The van der Waals surface area contributed by atoms with Crippen LogP contribution in [0.15, 0.2) is 4.52 Å². The van der Waals surface area contributed by atoms with Crippen molar-refractivity contribution in [1.82, 2.24) is 10.5 Å². The molecule has 0 aliphatic heterocycles. The maximum absolute atomic E-state index is 11.3. The zero-order chi connectivity index (χ0) is 8.55. The second-order valence-electron chi connectivity index (χ2n) is 2.88. The topological polar surface area (TPSA) is 55.1 Å². The Bertz CT molecular complexity index is 317. The van der Waals surface area contributed by atoms with Crippen LogP contribution < -0.4 is 5.32 Å². The van der Waals surface area contributed by atoms with Crippen LogP contribution in [0.4, 0.5) is 0 Å². The fourth-order valence-corrected chi connectivity index (χ4v) is 1.49. The lowest BCUT2D eigenvalue weighted by Crippen LogP contribution is -2.07. The minimum atomic E-state index is 0.163. The van der Waals surface area contributed by atoms with Gasteiger partial charge < -0.3 is 9.84 Å². The second kappa shape index (κ2) is 2.71. The molecule has 0 radical (unpaired) electrons. The zero-order valence-corrected chi connectivity index (χ0v) is 6.89. The largest absolute Gasteiger partial charge is 0.359 e. The third-order valence-corrected chi connectivity index (χ3v) is 2.04. The summed E-state index contributed by atoms with van der Waals surface area (Å²) in [6.07, 6.45) is 1.33. The average Bonchev–Trinajstić information content (AvgIpc) is 2.58. The molecule has 0 saturated carbocycles. The quantitative estimate of drug-likeness (QED) is 0.696. The van der Waals surface area contributed by atoms with Crippen molar-refractivity contribution >= 4 is 5.78 Å². The molecular weight excluding hydrogens is 156 g/mol. The van der Waals surface area contributed by atoms with Crippen LogP contribution in [0.1, 0.15) is 28.2 Å². The third-order valence-electron chi connectivity index (χ3n) is 2.04. The summed E-state index contributed by atoms with van der Waals surface area (Å²) in [6, 6.07) is 0. The van der Waals surface area contributed by atoms with Crippen molar-refractivity contribution in [1.29, 1.82) is 0 Å². The Hall–Kier alpha value is -1.16. The first-order chi connectivity index (χ1) is 5.83. The highest BCUT2D eigenvalue weighted by molar-refractivity contribution is 6.00. The van der Waals surface area contributed by atoms with Crippen LogP contribution in [-0.4, -0.2) is 18.0 Å². The molecule has 1 aliphatic rings. The van der Waals surface area contributed by atoms with Crippen molar-refractivity contribution < 1.29 is 9.32 Å². The fourth-order valence-electron chi connectivity index (χ4n) is 1.49. The van der Waals surface area contributed by atoms with E-state index in [4.69, 9.17) is 4.52 Å². The van der Waals surface area contributed by atoms with Crippen LogP contribution in [0.5, 0.6) is 0 Å². The van der Waals surface area contributed by atoms with E-state index in [9.17, 15) is 4.79 Å². The number of hydrogen-bond donors (Lipinski definition) is 1. The van der Waals surface area contributed by atoms with Crippen molar-refractivity contribution in [3.63, 3.8) is 0 Å². The maximum Gasteiger partial charge on any atom is 0.168 e. The molecule has 64 valence electrons. The van der Waals surface area contributed by atoms with Crippen LogP contribution in [0.3, 0.4) is 0 Å². The van der Waals surface area contributed by atoms with E-state index in [2.05, 4.69) is 10.5 Å². The predicted molar refractivity (Wildman–Crippen MR) is 41.9 cm³/mol. The van der Waals surface area contributed by atoms with Crippen LogP contribution in [0, 0.1) is 0 Å². The molecule has 1 aliphatic carbocycles. The van der Waals surface area contributed by atoms with Gasteiger partial charge >= 0.3 is 0 Å². The zero-order valence-electron chi connectivity index (χ0n) is 6.89. The Morgan fingerprint density at radius 1 is 1.58 bits per heavy atom. The maximum atomic E-state index is 11.3. The molecule has 0 fully saturated rings. The lowest BCUT2D eigenvalue weighted by Gasteiger charge is -1.93. The number of nitrogens with one attached hydrogen (secondary N) is 1. The molecule has 0 saturated heterocycles. The molecule has 1 N–H and O–H groups in total. The fraction of sp³-hybridized carbons (Fsp3) is 0.500. The van der Waals surface area contributed by atoms with Gasteiger partial charge in [-0.2, -0.15) is 0 Å². The summed E-state index contributed by atoms with van der Waals surface area (Å²) < 4.78 is 5.02. The predicted octanol–water partition coefficient (Wildman–Crippen LogP) is 0.523. The van der Waals surface area contributed by atoms with E-state index >= 15 is 0 Å². The van der Waals surface area contributed by atoms with E-state index in [1.165, 1.54) is 0 Å². The smallest absolute Gasteiger partial charge is 0.168 e. The van der Waals surface area contributed by atoms with Crippen molar-refractivity contribution in [3.8, 4) is 0 Å². The average molecular weight is 166 g/mol. The van der Waals surface area contributed by atoms with Gasteiger partial charge in [-0.1, -0.05) is 5.16 Å². The third kappa shape index (κ3) is 0.956. The summed E-state index contributed by atoms with van der Waals surface area (Å²) in [5, 5.41) is 6.76. The first-order valence-corrected chi connectivity index (χ1v) is 3.98. The first-order valence-electron chi connectivity index (χ1n) is 3.98. The Kier molecular flexibility index (Phi) is 1.69. The van der Waals surface area contributed by atoms with Gasteiger partial charge in [-0.3, -0.25) is 4.79 Å². The molecule has 12 heavy (non-hydrogen) atoms. The normalized spacial score (nSPS) is 15.2. The van der Waals surface area contributed by atoms with Crippen LogP contribution in [0.25, 0.3) is 0 Å². The van der Waals surface area contributed by atoms with Gasteiger partial charge in [0.1, 0.15) is 0 Å². The summed E-state index contributed by atoms with van der Waals surface area (Å²) in [4.78, 5) is 11.3. The Labute approximate surface area is 69.9 Å². The molecular formula is C8H10N2O2. The number of aromatic nitrogens is 1. The Morgan fingerprint density at radius 2 is 2.42 bits per heavy atom. The number of Topliss-reactive ketones (excluding diaryl/α,β-unsaturated/α-hetero) is 1. The van der Waals surface area contributed by atoms with E-state index < -0.39 is 0 Å². The van der Waals surface area contributed by atoms with Crippen molar-refractivity contribution in [2.45, 2.75) is 19.4 Å². The number of carbonyl (C=O) groups excluding carboxylic acids is 1. The number of nitrogens with zero attached hydrogens (tertiary/aromatic N) is 1. The van der Waals surface area contributed by atoms with E-state index in [0.29, 0.717) is 24.3 Å². The standard InChI is InChI=1S/C8H10N2O2/c1-9-4-7-8-5(10-12-7)2-3-6(8)11/h9H,2-4H2,1H3. The van der Waals surface area contributed by atoms with E-state index in [1.54, 1.807) is 0 Å². The molecule has 0 bridgehead atoms. The molecule has 0 amide bonds. The Balaban J connectivity index is 2.39. The van der Waals surface area contributed by atoms with E-state index in [1.807, 2.05) is 7.05 Å². The highest BCUT2D eigenvalue weighted by atomic mass is 16.5. The summed E-state index contributed by atoms with van der Waals surface area (Å²) in [5.74, 6) is 0.839. The summed E-state index contributed by atoms with van der Waals surface area (Å²) >= 11 is 0. The SMILES string of the molecule is CNCc1onc2c1C(=O)CC2. The lowest BCUT2D eigenvalue weighted by atomic mass is 10.2. The number of fused-ring (bicyclic) bond motifs is 1. The molecule has 0 aromatic carbocycles. The van der Waals surface area contributed by atoms with Gasteiger partial charge in [0, 0.05) is 12.8 Å². The number of aryl methyl sites for hydroxylation is 1. The van der Waals surface area contributed by atoms with Gasteiger partial charge in [-0.15, -0.1) is 0 Å². The number of carbonyl (C=O) groups is 1.